The number of hydrogen-bond acceptors (Lipinski definition) is 9. The number of aliphatic imine (C=N–C) groups is 1. The molecule has 0 unspecified atom stereocenters. The Morgan fingerprint density at radius 2 is 1.38 bits per heavy atom. The van der Waals surface area contributed by atoms with Crippen molar-refractivity contribution >= 4 is 47.1 Å². The van der Waals surface area contributed by atoms with E-state index in [0.29, 0.717) is 69.7 Å². The minimum atomic E-state index is -1.34. The van der Waals surface area contributed by atoms with E-state index in [9.17, 15) is 33.6 Å². The second kappa shape index (κ2) is 26.1. The molecule has 1 aliphatic carbocycles. The lowest BCUT2D eigenvalue weighted by Gasteiger charge is -2.28. The molecule has 0 spiro atoms. The van der Waals surface area contributed by atoms with E-state index in [1.807, 2.05) is 0 Å². The Kier molecular flexibility index (Phi) is 22.5. The van der Waals surface area contributed by atoms with E-state index in [-0.39, 0.29) is 73.0 Å². The molecule has 16 heteroatoms. The molecule has 5 amide bonds. The van der Waals surface area contributed by atoms with Crippen LogP contribution in [0.1, 0.15) is 150 Å². The topological polar surface area (TPSA) is 289 Å². The fraction of sp³-hybridized carbons (Fsp3) is 0.810. The summed E-state index contributed by atoms with van der Waals surface area (Å²) in [6.07, 6.45) is 11.5. The maximum absolute atomic E-state index is 13.7. The molecule has 1 saturated carbocycles. The normalized spacial score (nSPS) is 18.5. The van der Waals surface area contributed by atoms with Crippen LogP contribution in [0.3, 0.4) is 0 Å². The van der Waals surface area contributed by atoms with Crippen molar-refractivity contribution in [2.75, 3.05) is 13.1 Å². The Labute approximate surface area is 345 Å². The number of rotatable bonds is 28. The van der Waals surface area contributed by atoms with Gasteiger partial charge >= 0.3 is 0 Å². The van der Waals surface area contributed by atoms with Crippen molar-refractivity contribution in [2.45, 2.75) is 174 Å². The Bertz CT molecular complexity index is 1390. The molecule has 2 fully saturated rings. The molecule has 0 aromatic rings. The van der Waals surface area contributed by atoms with Gasteiger partial charge in [-0.05, 0) is 82.0 Å². The molecular weight excluding hydrogens is 743 g/mol. The third-order valence-corrected chi connectivity index (χ3v) is 11.4. The third kappa shape index (κ3) is 19.1. The Morgan fingerprint density at radius 3 is 1.98 bits per heavy atom. The lowest BCUT2D eigenvalue weighted by Crippen LogP contribution is -2.50. The highest BCUT2D eigenvalue weighted by atomic mass is 16.2. The maximum atomic E-state index is 13.7. The summed E-state index contributed by atoms with van der Waals surface area (Å²) in [5, 5.41) is 5.70. The van der Waals surface area contributed by atoms with Gasteiger partial charge in [0.1, 0.15) is 11.8 Å². The summed E-state index contributed by atoms with van der Waals surface area (Å²) in [4.78, 5) is 96.3. The van der Waals surface area contributed by atoms with Crippen molar-refractivity contribution in [2.24, 2.45) is 63.3 Å². The molecule has 0 radical (unpaired) electrons. The summed E-state index contributed by atoms with van der Waals surface area (Å²) in [7, 11) is 0. The van der Waals surface area contributed by atoms with Gasteiger partial charge in [-0.1, -0.05) is 59.8 Å². The summed E-state index contributed by atoms with van der Waals surface area (Å²) < 4.78 is 0. The Morgan fingerprint density at radius 1 is 0.724 bits per heavy atom. The summed E-state index contributed by atoms with van der Waals surface area (Å²) in [6, 6.07) is -3.14. The quantitative estimate of drug-likeness (QED) is 0.0344. The first-order valence-electron chi connectivity index (χ1n) is 21.7. The fourth-order valence-electron chi connectivity index (χ4n) is 8.46. The van der Waals surface area contributed by atoms with Crippen LogP contribution in [0, 0.1) is 29.6 Å². The number of nitrogens with zero attached hydrogens (tertiary/aromatic N) is 2. The van der Waals surface area contributed by atoms with Gasteiger partial charge in [0.25, 0.3) is 0 Å². The second-order valence-corrected chi connectivity index (χ2v) is 17.6. The highest BCUT2D eigenvalue weighted by Crippen LogP contribution is 2.29. The molecule has 330 valence electrons. The van der Waals surface area contributed by atoms with Crippen molar-refractivity contribution in [3.8, 4) is 0 Å². The zero-order valence-corrected chi connectivity index (χ0v) is 35.7. The number of hydrogen-bond donors (Lipinski definition) is 7. The van der Waals surface area contributed by atoms with Gasteiger partial charge in [-0.25, -0.2) is 0 Å². The highest BCUT2D eigenvalue weighted by Gasteiger charge is 2.38. The molecule has 1 saturated heterocycles. The number of guanidine groups is 1. The lowest BCUT2D eigenvalue weighted by molar-refractivity contribution is -0.140. The largest absolute Gasteiger partial charge is 0.370 e. The molecule has 2 aliphatic rings. The smallest absolute Gasteiger partial charge is 0.240 e. The maximum Gasteiger partial charge on any atom is 0.240 e. The minimum Gasteiger partial charge on any atom is -0.370 e. The summed E-state index contributed by atoms with van der Waals surface area (Å²) in [5.74, 6) is -3.29. The summed E-state index contributed by atoms with van der Waals surface area (Å²) in [5.41, 5.74) is 27.9. The van der Waals surface area contributed by atoms with Gasteiger partial charge in [0.05, 0.1) is 18.5 Å². The molecular formula is C42H75N9O7. The van der Waals surface area contributed by atoms with E-state index < -0.39 is 48.2 Å². The van der Waals surface area contributed by atoms with Crippen LogP contribution in [0.4, 0.5) is 0 Å². The van der Waals surface area contributed by atoms with Crippen LogP contribution in [0.5, 0.6) is 0 Å². The van der Waals surface area contributed by atoms with Crippen LogP contribution in [0.15, 0.2) is 4.99 Å². The first-order chi connectivity index (χ1) is 27.4. The number of nitrogens with one attached hydrogen (secondary N) is 2. The molecule has 6 atom stereocenters. The predicted octanol–water partition coefficient (Wildman–Crippen LogP) is 2.46. The van der Waals surface area contributed by atoms with Crippen molar-refractivity contribution in [1.82, 2.24) is 15.5 Å². The first kappa shape index (κ1) is 50.1. The highest BCUT2D eigenvalue weighted by molar-refractivity contribution is 5.95. The van der Waals surface area contributed by atoms with Gasteiger partial charge in [-0.2, -0.15) is 0 Å². The van der Waals surface area contributed by atoms with Crippen LogP contribution < -0.4 is 39.3 Å². The standard InChI is InChI=1S/C42H75N9O7/c1-26(2)21-30(23-32(52)18-17-28-11-6-5-7-12-28)40(57)49-31(22-27(3)4)14-8-15-33(43)41(58)51-20-10-16-35(51)36(53)24-29(13-9-19-48-42(46)47)39(56)50-34(38(45)55)25-37(44)54/h26-31,33-35H,5-25,43H2,1-4H3,(H2,44,54)(H2,45,55)(H,49,57)(H,50,56)(H4,46,47,48)/t29-,30-,31-,33+,34+,35+/m1/s1. The molecule has 58 heavy (non-hydrogen) atoms. The van der Waals surface area contributed by atoms with Crippen LogP contribution >= 0.6 is 0 Å². The molecule has 1 heterocycles. The first-order valence-corrected chi connectivity index (χ1v) is 21.7. The fourth-order valence-corrected chi connectivity index (χ4v) is 8.46. The van der Waals surface area contributed by atoms with E-state index >= 15 is 0 Å². The van der Waals surface area contributed by atoms with Crippen molar-refractivity contribution in [3.63, 3.8) is 0 Å². The number of carbonyl (C=O) groups excluding carboxylic acids is 7. The van der Waals surface area contributed by atoms with Crippen molar-refractivity contribution in [3.05, 3.63) is 0 Å². The van der Waals surface area contributed by atoms with Crippen LogP contribution in [0.2, 0.25) is 0 Å². The molecule has 0 bridgehead atoms. The number of carbonyl (C=O) groups is 7. The Hall–Kier alpha value is -4.08. The average molecular weight is 818 g/mol. The van der Waals surface area contributed by atoms with Gasteiger partial charge in [0, 0.05) is 50.2 Å². The number of amides is 5. The lowest BCUT2D eigenvalue weighted by atomic mass is 9.84. The summed E-state index contributed by atoms with van der Waals surface area (Å²) >= 11 is 0. The van der Waals surface area contributed by atoms with E-state index in [1.165, 1.54) is 37.0 Å². The molecule has 0 aromatic heterocycles. The zero-order valence-electron chi connectivity index (χ0n) is 35.7. The number of likely N-dealkylation sites (tertiary alicyclic amines) is 1. The van der Waals surface area contributed by atoms with Crippen molar-refractivity contribution < 1.29 is 33.6 Å². The molecule has 1 aliphatic heterocycles. The van der Waals surface area contributed by atoms with E-state index in [2.05, 4.69) is 43.3 Å². The van der Waals surface area contributed by atoms with Gasteiger partial charge in [0.2, 0.25) is 29.5 Å². The minimum absolute atomic E-state index is 0.0922. The summed E-state index contributed by atoms with van der Waals surface area (Å²) in [6.45, 7) is 8.86. The van der Waals surface area contributed by atoms with E-state index in [0.717, 1.165) is 12.8 Å². The van der Waals surface area contributed by atoms with E-state index in [1.54, 1.807) is 0 Å². The molecule has 16 nitrogen and oxygen atoms in total. The van der Waals surface area contributed by atoms with Crippen LogP contribution in [-0.4, -0.2) is 89.2 Å². The predicted molar refractivity (Wildman–Crippen MR) is 224 cm³/mol. The van der Waals surface area contributed by atoms with Gasteiger partial charge in [-0.3, -0.25) is 38.6 Å². The van der Waals surface area contributed by atoms with E-state index in [4.69, 9.17) is 28.7 Å². The van der Waals surface area contributed by atoms with Crippen LogP contribution in [-0.2, 0) is 33.6 Å². The van der Waals surface area contributed by atoms with Gasteiger partial charge in [0.15, 0.2) is 11.7 Å². The van der Waals surface area contributed by atoms with Crippen molar-refractivity contribution in [1.29, 1.82) is 0 Å². The van der Waals surface area contributed by atoms with Gasteiger partial charge in [-0.15, -0.1) is 0 Å². The average Bonchev–Trinajstić information content (AvgIpc) is 3.64. The van der Waals surface area contributed by atoms with Crippen LogP contribution in [0.25, 0.3) is 0 Å². The monoisotopic (exact) mass is 818 g/mol. The SMILES string of the molecule is CC(C)C[C@@H](CCC[C@H](N)C(=O)N1CCC[C@H]1C(=O)C[C@@H](CCCN=C(N)N)C(=O)N[C@@H](CC(N)=O)C(N)=O)NC(=O)[C@@H](CC(=O)CCC1CCCCC1)CC(C)C. The molecule has 2 rings (SSSR count). The number of Topliss-reactive ketones (excluding diaryl/α,β-unsaturated/α-hetero) is 2. The second-order valence-electron chi connectivity index (χ2n) is 17.6. The number of nitrogens with two attached hydrogens (primary N) is 5. The third-order valence-electron chi connectivity index (χ3n) is 11.4. The Balaban J connectivity index is 2.03. The zero-order chi connectivity index (χ0) is 43.4. The molecule has 12 N–H and O–H groups in total. The van der Waals surface area contributed by atoms with Gasteiger partial charge < -0.3 is 44.2 Å². The number of primary amides is 2. The molecule has 0 aromatic carbocycles. The number of ketones is 2.